The van der Waals surface area contributed by atoms with Crippen LogP contribution in [0.4, 0.5) is 0 Å². The molecule has 160 valence electrons. The molecule has 0 saturated heterocycles. The maximum atomic E-state index is 12.3. The number of carbonyl (C=O) groups is 1. The molecule has 0 aliphatic heterocycles. The van der Waals surface area contributed by atoms with Gasteiger partial charge in [-0.3, -0.25) is 4.79 Å². The third kappa shape index (κ3) is 5.55. The fourth-order valence-electron chi connectivity index (χ4n) is 3.30. The Balaban J connectivity index is 1.53. The number of fused-ring (bicyclic) bond motifs is 1. The van der Waals surface area contributed by atoms with Gasteiger partial charge in [0.05, 0.1) is 12.6 Å². The molecule has 4 nitrogen and oxygen atoms in total. The highest BCUT2D eigenvalue weighted by Gasteiger charge is 2.09. The van der Waals surface area contributed by atoms with Gasteiger partial charge in [-0.2, -0.15) is 5.10 Å². The molecule has 4 aromatic carbocycles. The van der Waals surface area contributed by atoms with Crippen LogP contribution in [0.2, 0.25) is 5.02 Å². The smallest absolute Gasteiger partial charge is 0.244 e. The van der Waals surface area contributed by atoms with Gasteiger partial charge in [0, 0.05) is 20.6 Å². The Bertz CT molecular complexity index is 1270. The number of nitrogens with one attached hydrogen (secondary N) is 1. The highest BCUT2D eigenvalue weighted by atomic mass is 79.9. The monoisotopic (exact) mass is 506 g/mol. The zero-order valence-corrected chi connectivity index (χ0v) is 19.4. The third-order valence-electron chi connectivity index (χ3n) is 4.93. The van der Waals surface area contributed by atoms with Crippen molar-refractivity contribution in [3.63, 3.8) is 0 Å². The van der Waals surface area contributed by atoms with Crippen molar-refractivity contribution in [3.8, 4) is 5.75 Å². The standard InChI is InChI=1S/C26H20BrClN2O2/c27-21-12-9-18(10-13-21)15-26(31)30-29-16-23-22-7-3-1-5-19(22)11-14-25(23)32-17-20-6-2-4-8-24(20)28/h1-14,16H,15,17H2,(H,30,31)/b29-16+. The Morgan fingerprint density at radius 2 is 1.72 bits per heavy atom. The lowest BCUT2D eigenvalue weighted by Crippen LogP contribution is -2.19. The van der Waals surface area contributed by atoms with E-state index in [-0.39, 0.29) is 12.3 Å². The van der Waals surface area contributed by atoms with Gasteiger partial charge >= 0.3 is 0 Å². The van der Waals surface area contributed by atoms with Crippen molar-refractivity contribution in [2.75, 3.05) is 0 Å². The normalized spacial score (nSPS) is 11.1. The predicted molar refractivity (Wildman–Crippen MR) is 133 cm³/mol. The van der Waals surface area contributed by atoms with Crippen LogP contribution in [-0.2, 0) is 17.8 Å². The number of nitrogens with zero attached hydrogens (tertiary/aromatic N) is 1. The van der Waals surface area contributed by atoms with Crippen molar-refractivity contribution in [3.05, 3.63) is 111 Å². The molecule has 0 bridgehead atoms. The van der Waals surface area contributed by atoms with Gasteiger partial charge in [-0.05, 0) is 40.6 Å². The van der Waals surface area contributed by atoms with Crippen molar-refractivity contribution in [1.29, 1.82) is 0 Å². The molecule has 0 fully saturated rings. The topological polar surface area (TPSA) is 50.7 Å². The summed E-state index contributed by atoms with van der Waals surface area (Å²) in [7, 11) is 0. The van der Waals surface area contributed by atoms with Crippen molar-refractivity contribution in [2.24, 2.45) is 5.10 Å². The first-order valence-corrected chi connectivity index (χ1v) is 11.2. The van der Waals surface area contributed by atoms with Gasteiger partial charge in [0.1, 0.15) is 12.4 Å². The number of hydrogen-bond donors (Lipinski definition) is 1. The summed E-state index contributed by atoms with van der Waals surface area (Å²) >= 11 is 9.66. The maximum absolute atomic E-state index is 12.3. The lowest BCUT2D eigenvalue weighted by atomic mass is 10.0. The quantitative estimate of drug-likeness (QED) is 0.228. The van der Waals surface area contributed by atoms with E-state index in [9.17, 15) is 4.79 Å². The average Bonchev–Trinajstić information content (AvgIpc) is 2.81. The summed E-state index contributed by atoms with van der Waals surface area (Å²) in [6, 6.07) is 27.1. The number of ether oxygens (including phenoxy) is 1. The molecule has 0 heterocycles. The first-order chi connectivity index (χ1) is 15.6. The first kappa shape index (κ1) is 22.1. The molecule has 1 N–H and O–H groups in total. The third-order valence-corrected chi connectivity index (χ3v) is 5.83. The van der Waals surface area contributed by atoms with E-state index in [1.54, 1.807) is 6.21 Å². The molecule has 32 heavy (non-hydrogen) atoms. The minimum absolute atomic E-state index is 0.192. The fourth-order valence-corrected chi connectivity index (χ4v) is 3.76. The van der Waals surface area contributed by atoms with E-state index in [1.807, 2.05) is 84.9 Å². The van der Waals surface area contributed by atoms with Crippen LogP contribution in [0.15, 0.2) is 94.5 Å². The highest BCUT2D eigenvalue weighted by Crippen LogP contribution is 2.28. The summed E-state index contributed by atoms with van der Waals surface area (Å²) in [6.07, 6.45) is 1.87. The van der Waals surface area contributed by atoms with Crippen LogP contribution in [-0.4, -0.2) is 12.1 Å². The van der Waals surface area contributed by atoms with Gasteiger partial charge in [0.2, 0.25) is 5.91 Å². The van der Waals surface area contributed by atoms with E-state index in [4.69, 9.17) is 16.3 Å². The van der Waals surface area contributed by atoms with Crippen LogP contribution in [0.3, 0.4) is 0 Å². The number of hydrazone groups is 1. The molecule has 0 spiro atoms. The van der Waals surface area contributed by atoms with Crippen molar-refractivity contribution < 1.29 is 9.53 Å². The second-order valence-corrected chi connectivity index (χ2v) is 8.50. The molecule has 0 saturated carbocycles. The minimum Gasteiger partial charge on any atom is -0.488 e. The van der Waals surface area contributed by atoms with Crippen LogP contribution >= 0.6 is 27.5 Å². The lowest BCUT2D eigenvalue weighted by molar-refractivity contribution is -0.120. The van der Waals surface area contributed by atoms with Crippen LogP contribution in [0.25, 0.3) is 10.8 Å². The molecule has 4 rings (SSSR count). The predicted octanol–water partition coefficient (Wildman–Crippen LogP) is 6.53. The van der Waals surface area contributed by atoms with Gasteiger partial charge in [0.15, 0.2) is 0 Å². The number of halogens is 2. The number of hydrogen-bond acceptors (Lipinski definition) is 3. The van der Waals surface area contributed by atoms with E-state index in [0.717, 1.165) is 31.9 Å². The Hall–Kier alpha value is -3.15. The highest BCUT2D eigenvalue weighted by molar-refractivity contribution is 9.10. The van der Waals surface area contributed by atoms with E-state index < -0.39 is 0 Å². The molecule has 1 amide bonds. The van der Waals surface area contributed by atoms with E-state index in [0.29, 0.717) is 17.4 Å². The van der Waals surface area contributed by atoms with Gasteiger partial charge in [0.25, 0.3) is 0 Å². The summed E-state index contributed by atoms with van der Waals surface area (Å²) in [5.41, 5.74) is 5.21. The molecule has 4 aromatic rings. The Kier molecular flexibility index (Phi) is 7.20. The van der Waals surface area contributed by atoms with Crippen molar-refractivity contribution >= 4 is 50.4 Å². The van der Waals surface area contributed by atoms with E-state index in [1.165, 1.54) is 0 Å². The van der Waals surface area contributed by atoms with Crippen LogP contribution < -0.4 is 10.2 Å². The molecule has 0 atom stereocenters. The second-order valence-electron chi connectivity index (χ2n) is 7.18. The zero-order valence-electron chi connectivity index (χ0n) is 17.1. The first-order valence-electron chi connectivity index (χ1n) is 10.0. The molecule has 0 unspecified atom stereocenters. The van der Waals surface area contributed by atoms with Gasteiger partial charge in [-0.25, -0.2) is 5.43 Å². The average molecular weight is 508 g/mol. The number of carbonyl (C=O) groups excluding carboxylic acids is 1. The molecule has 0 aliphatic carbocycles. The minimum atomic E-state index is -0.192. The maximum Gasteiger partial charge on any atom is 0.244 e. The zero-order chi connectivity index (χ0) is 22.3. The Morgan fingerprint density at radius 3 is 2.53 bits per heavy atom. The molecule has 0 aromatic heterocycles. The summed E-state index contributed by atoms with van der Waals surface area (Å²) < 4.78 is 7.06. The van der Waals surface area contributed by atoms with Gasteiger partial charge in [-0.1, -0.05) is 88.2 Å². The van der Waals surface area contributed by atoms with E-state index in [2.05, 4.69) is 26.5 Å². The Morgan fingerprint density at radius 1 is 0.969 bits per heavy atom. The van der Waals surface area contributed by atoms with Crippen molar-refractivity contribution in [2.45, 2.75) is 13.0 Å². The molecule has 6 heteroatoms. The fraction of sp³-hybridized carbons (Fsp3) is 0.0769. The van der Waals surface area contributed by atoms with Crippen LogP contribution in [0, 0.1) is 0 Å². The lowest BCUT2D eigenvalue weighted by Gasteiger charge is -2.12. The molecular weight excluding hydrogens is 488 g/mol. The number of benzene rings is 4. The second kappa shape index (κ2) is 10.4. The van der Waals surface area contributed by atoms with E-state index >= 15 is 0 Å². The largest absolute Gasteiger partial charge is 0.488 e. The van der Waals surface area contributed by atoms with Crippen LogP contribution in [0.1, 0.15) is 16.7 Å². The number of amides is 1. The summed E-state index contributed by atoms with van der Waals surface area (Å²) in [4.78, 5) is 12.3. The SMILES string of the molecule is O=C(Cc1ccc(Br)cc1)N/N=C/c1c(OCc2ccccc2Cl)ccc2ccccc12. The summed E-state index contributed by atoms with van der Waals surface area (Å²) in [5.74, 6) is 0.469. The van der Waals surface area contributed by atoms with Gasteiger partial charge in [-0.15, -0.1) is 0 Å². The Labute approximate surface area is 200 Å². The molecular formula is C26H20BrClN2O2. The summed E-state index contributed by atoms with van der Waals surface area (Å²) in [6.45, 7) is 0.328. The van der Waals surface area contributed by atoms with Gasteiger partial charge < -0.3 is 4.74 Å². The van der Waals surface area contributed by atoms with Crippen LogP contribution in [0.5, 0.6) is 5.75 Å². The molecule has 0 radical (unpaired) electrons. The molecule has 0 aliphatic rings. The van der Waals surface area contributed by atoms with Crippen molar-refractivity contribution in [1.82, 2.24) is 5.43 Å². The summed E-state index contributed by atoms with van der Waals surface area (Å²) in [5, 5.41) is 6.89. The number of rotatable bonds is 7.